The van der Waals surface area contributed by atoms with Crippen LogP contribution in [0.15, 0.2) is 72.0 Å². The molecule has 0 aliphatic carbocycles. The van der Waals surface area contributed by atoms with Gasteiger partial charge >= 0.3 is 6.09 Å². The van der Waals surface area contributed by atoms with Gasteiger partial charge in [0.25, 0.3) is 0 Å². The molecule has 0 spiro atoms. The Hall–Kier alpha value is -3.29. The Morgan fingerprint density at radius 3 is 2.50 bits per heavy atom. The summed E-state index contributed by atoms with van der Waals surface area (Å²) in [4.78, 5) is 20.6. The number of nitrogens with zero attached hydrogens (tertiary/aromatic N) is 2. The second-order valence-corrected chi connectivity index (χ2v) is 6.30. The van der Waals surface area contributed by atoms with Crippen LogP contribution in [0.2, 0.25) is 10.0 Å². The molecule has 0 bridgehead atoms. The van der Waals surface area contributed by atoms with Gasteiger partial charge in [-0.15, -0.1) is 0 Å². The second-order valence-electron chi connectivity index (χ2n) is 5.43. The first-order valence-electron chi connectivity index (χ1n) is 7.96. The number of anilines is 1. The zero-order valence-electron chi connectivity index (χ0n) is 14.3. The van der Waals surface area contributed by atoms with Crippen molar-refractivity contribution in [1.82, 2.24) is 4.98 Å². The molecule has 3 rings (SSSR count). The molecule has 28 heavy (non-hydrogen) atoms. The Labute approximate surface area is 170 Å². The summed E-state index contributed by atoms with van der Waals surface area (Å²) >= 11 is 11.7. The molecule has 3 N–H and O–H groups in total. The quantitative estimate of drug-likeness (QED) is 0.262. The molecule has 0 aliphatic rings. The van der Waals surface area contributed by atoms with E-state index in [-0.39, 0.29) is 5.84 Å². The fourth-order valence-corrected chi connectivity index (χ4v) is 2.38. The number of rotatable bonds is 5. The van der Waals surface area contributed by atoms with Crippen LogP contribution in [0.25, 0.3) is 0 Å². The van der Waals surface area contributed by atoms with Crippen molar-refractivity contribution < 1.29 is 14.4 Å². The van der Waals surface area contributed by atoms with Gasteiger partial charge in [0.1, 0.15) is 5.75 Å². The van der Waals surface area contributed by atoms with Gasteiger partial charge in [0.05, 0.1) is 0 Å². The van der Waals surface area contributed by atoms with E-state index in [9.17, 15) is 4.79 Å². The van der Waals surface area contributed by atoms with Crippen molar-refractivity contribution in [2.75, 3.05) is 5.32 Å². The Balaban J connectivity index is 1.58. The number of amidine groups is 1. The molecule has 0 radical (unpaired) electrons. The lowest BCUT2D eigenvalue weighted by atomic mass is 10.3. The van der Waals surface area contributed by atoms with E-state index in [0.29, 0.717) is 32.9 Å². The third-order valence-corrected chi connectivity index (χ3v) is 3.85. The molecule has 142 valence electrons. The summed E-state index contributed by atoms with van der Waals surface area (Å²) in [6, 6.07) is 16.7. The smallest absolute Gasteiger partial charge is 0.437 e. The van der Waals surface area contributed by atoms with Crippen LogP contribution in [0.5, 0.6) is 11.6 Å². The number of ether oxygens (including phenoxy) is 1. The summed E-state index contributed by atoms with van der Waals surface area (Å²) in [6.45, 7) is 0. The number of hydrogen-bond acceptors (Lipinski definition) is 5. The number of benzene rings is 2. The number of hydrogen-bond donors (Lipinski definition) is 2. The molecule has 0 saturated carbocycles. The molecule has 0 saturated heterocycles. The molecule has 1 aromatic heterocycles. The van der Waals surface area contributed by atoms with Crippen LogP contribution in [-0.4, -0.2) is 16.9 Å². The maximum absolute atomic E-state index is 11.8. The largest absolute Gasteiger partial charge is 0.439 e. The summed E-state index contributed by atoms with van der Waals surface area (Å²) in [6.07, 6.45) is 0.642. The van der Waals surface area contributed by atoms with E-state index in [1.807, 2.05) is 0 Å². The van der Waals surface area contributed by atoms with E-state index >= 15 is 0 Å². The van der Waals surface area contributed by atoms with Crippen molar-refractivity contribution in [3.05, 3.63) is 82.5 Å². The van der Waals surface area contributed by atoms with Gasteiger partial charge in [-0.1, -0.05) is 34.4 Å². The van der Waals surface area contributed by atoms with E-state index in [4.69, 9.17) is 38.5 Å². The Kier molecular flexibility index (Phi) is 6.31. The van der Waals surface area contributed by atoms with Crippen LogP contribution >= 0.6 is 23.2 Å². The minimum Gasteiger partial charge on any atom is -0.439 e. The first kappa shape index (κ1) is 19.5. The Bertz CT molecular complexity index is 993. The molecule has 0 unspecified atom stereocenters. The lowest BCUT2D eigenvalue weighted by molar-refractivity contribution is 0.166. The van der Waals surface area contributed by atoms with Crippen LogP contribution < -0.4 is 15.8 Å². The molecule has 0 fully saturated rings. The van der Waals surface area contributed by atoms with E-state index in [2.05, 4.69) is 15.5 Å². The van der Waals surface area contributed by atoms with Crippen LogP contribution in [0.3, 0.4) is 0 Å². The molecule has 0 atom stereocenters. The molecular weight excluding hydrogens is 403 g/mol. The highest BCUT2D eigenvalue weighted by Gasteiger charge is 2.06. The van der Waals surface area contributed by atoms with Crippen molar-refractivity contribution in [3.63, 3.8) is 0 Å². The highest BCUT2D eigenvalue weighted by Crippen LogP contribution is 2.21. The van der Waals surface area contributed by atoms with Crippen molar-refractivity contribution in [2.45, 2.75) is 0 Å². The summed E-state index contributed by atoms with van der Waals surface area (Å²) in [7, 11) is 0. The van der Waals surface area contributed by atoms with Gasteiger partial charge in [0.15, 0.2) is 5.84 Å². The van der Waals surface area contributed by atoms with E-state index in [1.54, 1.807) is 60.7 Å². The molecule has 1 heterocycles. The molecule has 1 amide bonds. The molecule has 0 aliphatic heterocycles. The minimum atomic E-state index is -0.805. The highest BCUT2D eigenvalue weighted by atomic mass is 35.5. The molecule has 2 aromatic carbocycles. The van der Waals surface area contributed by atoms with Gasteiger partial charge in [-0.3, -0.25) is 10.2 Å². The van der Waals surface area contributed by atoms with Crippen molar-refractivity contribution in [3.8, 4) is 11.6 Å². The Morgan fingerprint density at radius 2 is 1.82 bits per heavy atom. The number of oxime groups is 1. The summed E-state index contributed by atoms with van der Waals surface area (Å²) in [5.74, 6) is 0.928. The third-order valence-electron chi connectivity index (χ3n) is 3.37. The molecule has 3 aromatic rings. The standard InChI is InChI=1S/C19H14Cl2N4O3/c20-13-5-7-16(8-6-13)27-17-9-4-12(11-23-17)18(22)25-28-19(26)24-15-3-1-2-14(21)10-15/h1-11H,(H2,22,25)(H,24,26). The van der Waals surface area contributed by atoms with Gasteiger partial charge in [0.2, 0.25) is 5.88 Å². The maximum Gasteiger partial charge on any atom is 0.437 e. The van der Waals surface area contributed by atoms with Crippen LogP contribution in [0.4, 0.5) is 10.5 Å². The Morgan fingerprint density at radius 1 is 1.04 bits per heavy atom. The summed E-state index contributed by atoms with van der Waals surface area (Å²) in [5.41, 5.74) is 6.74. The molecular formula is C19H14Cl2N4O3. The van der Waals surface area contributed by atoms with Crippen LogP contribution in [0, 0.1) is 0 Å². The third kappa shape index (κ3) is 5.60. The van der Waals surface area contributed by atoms with Crippen LogP contribution in [0.1, 0.15) is 5.56 Å². The number of nitrogens with one attached hydrogen (secondary N) is 1. The zero-order chi connectivity index (χ0) is 19.9. The van der Waals surface area contributed by atoms with Crippen molar-refractivity contribution in [2.24, 2.45) is 10.9 Å². The van der Waals surface area contributed by atoms with Crippen LogP contribution in [-0.2, 0) is 4.84 Å². The average Bonchev–Trinajstić information content (AvgIpc) is 2.68. The minimum absolute atomic E-state index is 0.0215. The predicted octanol–water partition coefficient (Wildman–Crippen LogP) is 5.05. The lowest BCUT2D eigenvalue weighted by Crippen LogP contribution is -2.17. The van der Waals surface area contributed by atoms with Crippen molar-refractivity contribution >= 4 is 40.8 Å². The fourth-order valence-electron chi connectivity index (χ4n) is 2.07. The zero-order valence-corrected chi connectivity index (χ0v) is 15.8. The molecule has 7 nitrogen and oxygen atoms in total. The topological polar surface area (TPSA) is 98.8 Å². The van der Waals surface area contributed by atoms with E-state index in [1.165, 1.54) is 6.20 Å². The van der Waals surface area contributed by atoms with Gasteiger partial charge in [-0.25, -0.2) is 9.78 Å². The number of aromatic nitrogens is 1. The van der Waals surface area contributed by atoms with Gasteiger partial charge in [0, 0.05) is 33.6 Å². The van der Waals surface area contributed by atoms with E-state index in [0.717, 1.165) is 0 Å². The normalized spacial score (nSPS) is 11.0. The maximum atomic E-state index is 11.8. The first-order valence-corrected chi connectivity index (χ1v) is 8.72. The lowest BCUT2D eigenvalue weighted by Gasteiger charge is -2.06. The molecule has 9 heteroatoms. The van der Waals surface area contributed by atoms with E-state index < -0.39 is 6.09 Å². The van der Waals surface area contributed by atoms with Crippen molar-refractivity contribution in [1.29, 1.82) is 0 Å². The second kappa shape index (κ2) is 9.07. The summed E-state index contributed by atoms with van der Waals surface area (Å²) < 4.78 is 5.59. The number of amides is 1. The van der Waals surface area contributed by atoms with Gasteiger partial charge in [-0.2, -0.15) is 0 Å². The highest BCUT2D eigenvalue weighted by molar-refractivity contribution is 6.31. The summed E-state index contributed by atoms with van der Waals surface area (Å²) in [5, 5.41) is 7.16. The average molecular weight is 417 g/mol. The number of carbonyl (C=O) groups is 1. The van der Waals surface area contributed by atoms with Gasteiger partial charge < -0.3 is 10.5 Å². The monoisotopic (exact) mass is 416 g/mol. The van der Waals surface area contributed by atoms with Gasteiger partial charge in [-0.05, 0) is 48.5 Å². The number of pyridine rings is 1. The number of carbonyl (C=O) groups excluding carboxylic acids is 1. The fraction of sp³-hybridized carbons (Fsp3) is 0. The SMILES string of the molecule is N/C(=N\OC(=O)Nc1cccc(Cl)c1)c1ccc(Oc2ccc(Cl)cc2)nc1. The number of halogens is 2. The number of nitrogens with two attached hydrogens (primary N) is 1. The first-order chi connectivity index (χ1) is 13.5. The predicted molar refractivity (Wildman–Crippen MR) is 108 cm³/mol.